The minimum absolute atomic E-state index is 0.0367. The molecule has 7 nitrogen and oxygen atoms in total. The fourth-order valence-electron chi connectivity index (χ4n) is 1.74. The van der Waals surface area contributed by atoms with Crippen LogP contribution in [0, 0.1) is 5.82 Å². The molecule has 0 aliphatic carbocycles. The third kappa shape index (κ3) is 2.94. The Hall–Kier alpha value is -2.00. The quantitative estimate of drug-likeness (QED) is 0.513. The van der Waals surface area contributed by atoms with Crippen LogP contribution in [0.3, 0.4) is 0 Å². The fraction of sp³-hybridized carbons (Fsp3) is 0.273. The van der Waals surface area contributed by atoms with E-state index in [1.807, 2.05) is 5.32 Å². The molecule has 0 bridgehead atoms. The van der Waals surface area contributed by atoms with Crippen LogP contribution < -0.4 is 15.8 Å². The SMILES string of the molecule is Nc1ccc(S(=O)(=O)NC2CCC(=O)NC2=O)cc1F. The van der Waals surface area contributed by atoms with E-state index >= 15 is 0 Å². The number of nitrogens with two attached hydrogens (primary N) is 1. The molecule has 1 heterocycles. The zero-order valence-corrected chi connectivity index (χ0v) is 11.0. The highest BCUT2D eigenvalue weighted by Gasteiger charge is 2.30. The monoisotopic (exact) mass is 301 g/mol. The van der Waals surface area contributed by atoms with Gasteiger partial charge in [-0.25, -0.2) is 12.8 Å². The molecule has 1 aliphatic heterocycles. The average Bonchev–Trinajstić information content (AvgIpc) is 2.36. The Morgan fingerprint density at radius 2 is 2.05 bits per heavy atom. The van der Waals surface area contributed by atoms with Crippen LogP contribution in [-0.2, 0) is 19.6 Å². The molecule has 4 N–H and O–H groups in total. The standard InChI is InChI=1S/C11H12FN3O4S/c12-7-5-6(1-2-8(7)13)20(18,19)15-9-3-4-10(16)14-11(9)17/h1-2,5,9,15H,3-4,13H2,(H,14,16,17). The molecule has 2 rings (SSSR count). The molecule has 1 fully saturated rings. The number of piperidine rings is 1. The van der Waals surface area contributed by atoms with Gasteiger partial charge in [0.05, 0.1) is 10.6 Å². The van der Waals surface area contributed by atoms with Gasteiger partial charge in [-0.1, -0.05) is 0 Å². The Morgan fingerprint density at radius 1 is 1.35 bits per heavy atom. The number of imide groups is 1. The highest BCUT2D eigenvalue weighted by atomic mass is 32.2. The molecule has 2 amide bonds. The second-order valence-corrected chi connectivity index (χ2v) is 6.02. The second kappa shape index (κ2) is 5.17. The molecule has 9 heteroatoms. The average molecular weight is 301 g/mol. The predicted molar refractivity (Wildman–Crippen MR) is 67.3 cm³/mol. The molecule has 1 aromatic rings. The van der Waals surface area contributed by atoms with Gasteiger partial charge >= 0.3 is 0 Å². The van der Waals surface area contributed by atoms with E-state index in [1.54, 1.807) is 0 Å². The molecule has 0 aromatic heterocycles. The van der Waals surface area contributed by atoms with Crippen LogP contribution >= 0.6 is 0 Å². The molecule has 1 atom stereocenters. The van der Waals surface area contributed by atoms with Gasteiger partial charge in [-0.05, 0) is 24.6 Å². The largest absolute Gasteiger partial charge is 0.396 e. The third-order valence-corrected chi connectivity index (χ3v) is 4.29. The van der Waals surface area contributed by atoms with Gasteiger partial charge in [0.25, 0.3) is 0 Å². The number of anilines is 1. The van der Waals surface area contributed by atoms with Crippen LogP contribution in [0.2, 0.25) is 0 Å². The maximum absolute atomic E-state index is 13.3. The lowest BCUT2D eigenvalue weighted by Crippen LogP contribution is -2.52. The van der Waals surface area contributed by atoms with Crippen molar-refractivity contribution in [2.45, 2.75) is 23.8 Å². The van der Waals surface area contributed by atoms with Crippen molar-refractivity contribution in [3.05, 3.63) is 24.0 Å². The van der Waals surface area contributed by atoms with Crippen LogP contribution in [0.4, 0.5) is 10.1 Å². The first kappa shape index (κ1) is 14.4. The number of benzene rings is 1. The molecule has 1 saturated heterocycles. The number of rotatable bonds is 3. The Morgan fingerprint density at radius 3 is 2.65 bits per heavy atom. The first-order valence-electron chi connectivity index (χ1n) is 5.70. The summed E-state index contributed by atoms with van der Waals surface area (Å²) in [4.78, 5) is 22.1. The number of halogens is 1. The number of carbonyl (C=O) groups is 2. The summed E-state index contributed by atoms with van der Waals surface area (Å²) in [6.07, 6.45) is 0.0936. The molecule has 0 spiro atoms. The van der Waals surface area contributed by atoms with Crippen molar-refractivity contribution in [3.8, 4) is 0 Å². The van der Waals surface area contributed by atoms with Crippen LogP contribution in [0.5, 0.6) is 0 Å². The van der Waals surface area contributed by atoms with E-state index in [4.69, 9.17) is 5.73 Å². The number of nitrogens with one attached hydrogen (secondary N) is 2. The second-order valence-electron chi connectivity index (χ2n) is 4.31. The minimum Gasteiger partial charge on any atom is -0.396 e. The van der Waals surface area contributed by atoms with Crippen LogP contribution in [-0.4, -0.2) is 26.3 Å². The Labute approximate surface area is 114 Å². The maximum Gasteiger partial charge on any atom is 0.244 e. The van der Waals surface area contributed by atoms with Gasteiger partial charge in [0, 0.05) is 6.42 Å². The van der Waals surface area contributed by atoms with Gasteiger partial charge in [0.1, 0.15) is 11.9 Å². The van der Waals surface area contributed by atoms with Gasteiger partial charge in [-0.3, -0.25) is 14.9 Å². The molecule has 0 radical (unpaired) electrons. The molecule has 108 valence electrons. The normalized spacial score (nSPS) is 19.8. The highest BCUT2D eigenvalue weighted by molar-refractivity contribution is 7.89. The van der Waals surface area contributed by atoms with Gasteiger partial charge < -0.3 is 5.73 Å². The lowest BCUT2D eigenvalue weighted by molar-refractivity contribution is -0.134. The lowest BCUT2D eigenvalue weighted by Gasteiger charge is -2.21. The van der Waals surface area contributed by atoms with Gasteiger partial charge in [-0.15, -0.1) is 0 Å². The lowest BCUT2D eigenvalue weighted by atomic mass is 10.1. The van der Waals surface area contributed by atoms with Crippen LogP contribution in [0.25, 0.3) is 0 Å². The van der Waals surface area contributed by atoms with Crippen molar-refractivity contribution in [3.63, 3.8) is 0 Å². The smallest absolute Gasteiger partial charge is 0.244 e. The molecule has 20 heavy (non-hydrogen) atoms. The first-order chi connectivity index (χ1) is 9.29. The number of nitrogen functional groups attached to an aromatic ring is 1. The highest BCUT2D eigenvalue weighted by Crippen LogP contribution is 2.17. The Balaban J connectivity index is 2.21. The fourth-order valence-corrected chi connectivity index (χ4v) is 2.98. The topological polar surface area (TPSA) is 118 Å². The van der Waals surface area contributed by atoms with Crippen LogP contribution in [0.1, 0.15) is 12.8 Å². The van der Waals surface area contributed by atoms with Gasteiger partial charge in [0.2, 0.25) is 21.8 Å². The van der Waals surface area contributed by atoms with Crippen LogP contribution in [0.15, 0.2) is 23.1 Å². The third-order valence-electron chi connectivity index (χ3n) is 2.82. The number of hydrogen-bond acceptors (Lipinski definition) is 5. The van der Waals surface area contributed by atoms with Crippen molar-refractivity contribution in [2.75, 3.05) is 5.73 Å². The summed E-state index contributed by atoms with van der Waals surface area (Å²) in [7, 11) is -4.07. The number of sulfonamides is 1. The maximum atomic E-state index is 13.3. The Kier molecular flexibility index (Phi) is 3.73. The van der Waals surface area contributed by atoms with E-state index < -0.39 is 33.7 Å². The van der Waals surface area contributed by atoms with E-state index in [2.05, 4.69) is 4.72 Å². The molecule has 1 unspecified atom stereocenters. The predicted octanol–water partition coefficient (Wildman–Crippen LogP) is -0.509. The summed E-state index contributed by atoms with van der Waals surface area (Å²) in [5.41, 5.74) is 5.09. The minimum atomic E-state index is -4.07. The summed E-state index contributed by atoms with van der Waals surface area (Å²) in [6, 6.07) is 1.96. The molecular weight excluding hydrogens is 289 g/mol. The van der Waals surface area contributed by atoms with E-state index in [0.29, 0.717) is 0 Å². The summed E-state index contributed by atoms with van der Waals surface area (Å²) in [6.45, 7) is 0. The Bertz CT molecular complexity index is 674. The summed E-state index contributed by atoms with van der Waals surface area (Å²) < 4.78 is 39.4. The van der Waals surface area contributed by atoms with Crippen molar-refractivity contribution >= 4 is 27.5 Å². The van der Waals surface area contributed by atoms with Gasteiger partial charge in [-0.2, -0.15) is 4.72 Å². The van der Waals surface area contributed by atoms with Crippen molar-refractivity contribution < 1.29 is 22.4 Å². The number of carbonyl (C=O) groups excluding carboxylic acids is 2. The van der Waals surface area contributed by atoms with E-state index in [9.17, 15) is 22.4 Å². The summed E-state index contributed by atoms with van der Waals surface area (Å²) in [5.74, 6) is -2.04. The first-order valence-corrected chi connectivity index (χ1v) is 7.19. The van der Waals surface area contributed by atoms with E-state index in [-0.39, 0.29) is 23.4 Å². The molecular formula is C11H12FN3O4S. The van der Waals surface area contributed by atoms with Crippen molar-refractivity contribution in [1.29, 1.82) is 0 Å². The molecule has 1 aromatic carbocycles. The summed E-state index contributed by atoms with van der Waals surface area (Å²) in [5, 5.41) is 2.03. The van der Waals surface area contributed by atoms with Crippen molar-refractivity contribution in [1.82, 2.24) is 10.0 Å². The van der Waals surface area contributed by atoms with E-state index in [1.165, 1.54) is 0 Å². The number of amides is 2. The van der Waals surface area contributed by atoms with Gasteiger partial charge in [0.15, 0.2) is 0 Å². The zero-order valence-electron chi connectivity index (χ0n) is 10.2. The molecule has 0 saturated carbocycles. The zero-order chi connectivity index (χ0) is 14.9. The van der Waals surface area contributed by atoms with Crippen molar-refractivity contribution in [2.24, 2.45) is 0 Å². The number of hydrogen-bond donors (Lipinski definition) is 3. The van der Waals surface area contributed by atoms with E-state index in [0.717, 1.165) is 18.2 Å². The molecule has 1 aliphatic rings. The summed E-state index contributed by atoms with van der Waals surface area (Å²) >= 11 is 0.